The largest absolute Gasteiger partial charge is 0.345 e. The Morgan fingerprint density at radius 2 is 1.71 bits per heavy atom. The van der Waals surface area contributed by atoms with Gasteiger partial charge in [-0.25, -0.2) is 0 Å². The van der Waals surface area contributed by atoms with Crippen molar-refractivity contribution < 1.29 is 4.79 Å². The summed E-state index contributed by atoms with van der Waals surface area (Å²) in [4.78, 5) is 12.8. The van der Waals surface area contributed by atoms with Crippen LogP contribution in [0.4, 0.5) is 0 Å². The van der Waals surface area contributed by atoms with E-state index in [-0.39, 0.29) is 17.9 Å². The van der Waals surface area contributed by atoms with Crippen LogP contribution >= 0.6 is 27.7 Å². The van der Waals surface area contributed by atoms with E-state index in [9.17, 15) is 4.79 Å². The molecule has 0 aliphatic heterocycles. The summed E-state index contributed by atoms with van der Waals surface area (Å²) in [6.07, 6.45) is 0. The predicted octanol–water partition coefficient (Wildman–Crippen LogP) is 6.86. The first-order chi connectivity index (χ1) is 16.7. The number of benzene rings is 3. The van der Waals surface area contributed by atoms with Gasteiger partial charge in [0.25, 0.3) is 5.91 Å². The summed E-state index contributed by atoms with van der Waals surface area (Å²) in [5.74, 6) is 1.32. The fraction of sp³-hybridized carbons (Fsp3) is 0.250. The predicted molar refractivity (Wildman–Crippen MR) is 146 cm³/mol. The van der Waals surface area contributed by atoms with Crippen molar-refractivity contribution in [2.45, 2.75) is 50.6 Å². The number of carbonyl (C=O) groups excluding carboxylic acids is 1. The molecule has 0 atom stereocenters. The maximum Gasteiger partial charge on any atom is 0.251 e. The molecule has 5 nitrogen and oxygen atoms in total. The van der Waals surface area contributed by atoms with Gasteiger partial charge in [-0.2, -0.15) is 0 Å². The smallest absolute Gasteiger partial charge is 0.251 e. The van der Waals surface area contributed by atoms with Gasteiger partial charge in [-0.1, -0.05) is 84.9 Å². The second kappa shape index (κ2) is 10.8. The molecule has 3 aromatic carbocycles. The third-order valence-electron chi connectivity index (χ3n) is 5.66. The zero-order valence-corrected chi connectivity index (χ0v) is 22.8. The Morgan fingerprint density at radius 3 is 2.37 bits per heavy atom. The number of nitrogens with zero attached hydrogens (tertiary/aromatic N) is 3. The Hall–Kier alpha value is -2.90. The molecule has 4 aromatic rings. The number of halogens is 1. The second-order valence-corrected chi connectivity index (χ2v) is 11.4. The molecule has 1 aromatic heterocycles. The average molecular weight is 550 g/mol. The lowest BCUT2D eigenvalue weighted by Gasteiger charge is -2.19. The normalized spacial score (nSPS) is 11.5. The monoisotopic (exact) mass is 548 g/mol. The van der Waals surface area contributed by atoms with E-state index in [1.807, 2.05) is 53.1 Å². The Labute approximate surface area is 219 Å². The number of thioether (sulfide) groups is 1. The van der Waals surface area contributed by atoms with Crippen LogP contribution in [0.5, 0.6) is 0 Å². The van der Waals surface area contributed by atoms with Crippen molar-refractivity contribution in [3.8, 4) is 5.69 Å². The van der Waals surface area contributed by atoms with E-state index < -0.39 is 0 Å². The quantitative estimate of drug-likeness (QED) is 0.256. The summed E-state index contributed by atoms with van der Waals surface area (Å²) in [6, 6.07) is 24.3. The highest BCUT2D eigenvalue weighted by Gasteiger charge is 2.17. The summed E-state index contributed by atoms with van der Waals surface area (Å²) in [5, 5.41) is 12.7. The Balaban J connectivity index is 1.53. The van der Waals surface area contributed by atoms with Gasteiger partial charge >= 0.3 is 0 Å². The van der Waals surface area contributed by atoms with Crippen LogP contribution in [0.15, 0.2) is 82.4 Å². The van der Waals surface area contributed by atoms with Gasteiger partial charge in [0.15, 0.2) is 11.0 Å². The van der Waals surface area contributed by atoms with Crippen LogP contribution in [0.2, 0.25) is 0 Å². The van der Waals surface area contributed by atoms with Crippen molar-refractivity contribution in [3.63, 3.8) is 0 Å². The van der Waals surface area contributed by atoms with Crippen LogP contribution in [0.3, 0.4) is 0 Å². The highest BCUT2D eigenvalue weighted by molar-refractivity contribution is 9.10. The number of amides is 1. The molecule has 0 aliphatic rings. The van der Waals surface area contributed by atoms with Crippen molar-refractivity contribution in [1.29, 1.82) is 0 Å². The molecule has 7 heteroatoms. The number of rotatable bonds is 7. The molecule has 1 N–H and O–H groups in total. The van der Waals surface area contributed by atoms with Gasteiger partial charge in [0.1, 0.15) is 0 Å². The van der Waals surface area contributed by atoms with E-state index >= 15 is 0 Å². The molecule has 180 valence electrons. The van der Waals surface area contributed by atoms with E-state index in [1.165, 1.54) is 11.1 Å². The Morgan fingerprint density at radius 1 is 1.00 bits per heavy atom. The molecule has 0 bridgehead atoms. The zero-order chi connectivity index (χ0) is 25.0. The number of nitrogens with one attached hydrogen (secondary N) is 1. The number of carbonyl (C=O) groups is 1. The maximum atomic E-state index is 12.8. The Kier molecular flexibility index (Phi) is 7.77. The summed E-state index contributed by atoms with van der Waals surface area (Å²) in [6.45, 7) is 8.82. The van der Waals surface area contributed by atoms with E-state index in [2.05, 4.69) is 83.4 Å². The molecule has 0 fully saturated rings. The lowest BCUT2D eigenvalue weighted by molar-refractivity contribution is 0.0949. The molecule has 0 saturated heterocycles. The standard InChI is InChI=1S/C28H29BrN4OS/c1-19-6-5-7-24(16-19)33-25(31-32-27(33)35-18-20-8-14-23(29)15-9-20)17-30-26(34)21-10-12-22(13-11-21)28(2,3)4/h5-16H,17-18H2,1-4H3,(H,30,34). The fourth-order valence-electron chi connectivity index (χ4n) is 3.65. The zero-order valence-electron chi connectivity index (χ0n) is 20.4. The number of aromatic nitrogens is 3. The van der Waals surface area contributed by atoms with Crippen LogP contribution in [0, 0.1) is 6.92 Å². The molecule has 0 radical (unpaired) electrons. The second-order valence-electron chi connectivity index (χ2n) is 9.50. The molecule has 0 aliphatic carbocycles. The van der Waals surface area contributed by atoms with Crippen LogP contribution in [-0.2, 0) is 17.7 Å². The van der Waals surface area contributed by atoms with Crippen LogP contribution in [-0.4, -0.2) is 20.7 Å². The molecular weight excluding hydrogens is 520 g/mol. The van der Waals surface area contributed by atoms with Gasteiger partial charge in [-0.3, -0.25) is 9.36 Å². The molecule has 0 spiro atoms. The van der Waals surface area contributed by atoms with Crippen molar-refractivity contribution in [3.05, 3.63) is 105 Å². The molecular formula is C28H29BrN4OS. The average Bonchev–Trinajstić information content (AvgIpc) is 3.24. The summed E-state index contributed by atoms with van der Waals surface area (Å²) >= 11 is 5.11. The summed E-state index contributed by atoms with van der Waals surface area (Å²) in [7, 11) is 0. The number of hydrogen-bond acceptors (Lipinski definition) is 4. The highest BCUT2D eigenvalue weighted by atomic mass is 79.9. The minimum atomic E-state index is -0.131. The third kappa shape index (κ3) is 6.41. The van der Waals surface area contributed by atoms with E-state index in [0.29, 0.717) is 11.4 Å². The summed E-state index contributed by atoms with van der Waals surface area (Å²) in [5.41, 5.74) is 5.19. The summed E-state index contributed by atoms with van der Waals surface area (Å²) < 4.78 is 3.08. The topological polar surface area (TPSA) is 59.8 Å². The van der Waals surface area contributed by atoms with Crippen molar-refractivity contribution in [2.24, 2.45) is 0 Å². The van der Waals surface area contributed by atoms with E-state index in [0.717, 1.165) is 26.6 Å². The van der Waals surface area contributed by atoms with Crippen LogP contribution in [0.1, 0.15) is 53.6 Å². The van der Waals surface area contributed by atoms with Gasteiger partial charge in [-0.15, -0.1) is 10.2 Å². The first kappa shape index (κ1) is 25.2. The molecule has 0 unspecified atom stereocenters. The molecule has 0 saturated carbocycles. The van der Waals surface area contributed by atoms with E-state index in [4.69, 9.17) is 0 Å². The first-order valence-corrected chi connectivity index (χ1v) is 13.3. The van der Waals surface area contributed by atoms with Gasteiger partial charge < -0.3 is 5.32 Å². The fourth-order valence-corrected chi connectivity index (χ4v) is 4.84. The minimum Gasteiger partial charge on any atom is -0.345 e. The lowest BCUT2D eigenvalue weighted by atomic mass is 9.87. The van der Waals surface area contributed by atoms with Crippen LogP contribution in [0.25, 0.3) is 5.69 Å². The van der Waals surface area contributed by atoms with Crippen molar-refractivity contribution in [2.75, 3.05) is 0 Å². The van der Waals surface area contributed by atoms with Gasteiger partial charge in [0.2, 0.25) is 0 Å². The molecule has 4 rings (SSSR count). The van der Waals surface area contributed by atoms with Gasteiger partial charge in [0, 0.05) is 21.5 Å². The Bertz CT molecular complexity index is 1310. The molecule has 35 heavy (non-hydrogen) atoms. The SMILES string of the molecule is Cc1cccc(-n2c(CNC(=O)c3ccc(C(C)(C)C)cc3)nnc2SCc2ccc(Br)cc2)c1. The van der Waals surface area contributed by atoms with Gasteiger partial charge in [-0.05, 0) is 65.4 Å². The molecule has 1 amide bonds. The number of aryl methyl sites for hydroxylation is 1. The van der Waals surface area contributed by atoms with Crippen molar-refractivity contribution >= 4 is 33.6 Å². The highest BCUT2D eigenvalue weighted by Crippen LogP contribution is 2.27. The van der Waals surface area contributed by atoms with E-state index in [1.54, 1.807) is 11.8 Å². The van der Waals surface area contributed by atoms with Crippen LogP contribution < -0.4 is 5.32 Å². The maximum absolute atomic E-state index is 12.8. The van der Waals surface area contributed by atoms with Crippen molar-refractivity contribution in [1.82, 2.24) is 20.1 Å². The minimum absolute atomic E-state index is 0.0452. The first-order valence-electron chi connectivity index (χ1n) is 11.5. The number of hydrogen-bond donors (Lipinski definition) is 1. The third-order valence-corrected chi connectivity index (χ3v) is 7.19. The lowest BCUT2D eigenvalue weighted by Crippen LogP contribution is -2.25. The molecule has 1 heterocycles. The van der Waals surface area contributed by atoms with Gasteiger partial charge in [0.05, 0.1) is 6.54 Å².